The van der Waals surface area contributed by atoms with Crippen molar-refractivity contribution in [2.24, 2.45) is 0 Å². The molecule has 0 unspecified atom stereocenters. The molecule has 0 N–H and O–H groups in total. The van der Waals surface area contributed by atoms with Crippen LogP contribution < -0.4 is 4.90 Å². The molecule has 1 aromatic rings. The molecule has 1 aromatic carbocycles. The lowest BCUT2D eigenvalue weighted by Crippen LogP contribution is -2.38. The SMILES string of the molecule is Fc1cc(F)c(N2CCC3(CC2)CO3)c(Cl)c1. The quantitative estimate of drug-likeness (QED) is 0.721. The first-order chi connectivity index (χ1) is 8.10. The van der Waals surface area contributed by atoms with Gasteiger partial charge in [0.05, 0.1) is 22.9 Å². The van der Waals surface area contributed by atoms with Crippen molar-refractivity contribution in [1.82, 2.24) is 0 Å². The third-order valence-corrected chi connectivity index (χ3v) is 3.81. The van der Waals surface area contributed by atoms with Gasteiger partial charge in [0.15, 0.2) is 5.82 Å². The van der Waals surface area contributed by atoms with Crippen LogP contribution in [0.1, 0.15) is 12.8 Å². The van der Waals surface area contributed by atoms with Gasteiger partial charge in [0.25, 0.3) is 0 Å². The van der Waals surface area contributed by atoms with E-state index in [9.17, 15) is 8.78 Å². The van der Waals surface area contributed by atoms with Gasteiger partial charge in [-0.05, 0) is 18.9 Å². The summed E-state index contributed by atoms with van der Waals surface area (Å²) in [5.74, 6) is -1.24. The van der Waals surface area contributed by atoms with Crippen LogP contribution in [0.15, 0.2) is 12.1 Å². The molecule has 0 amide bonds. The van der Waals surface area contributed by atoms with Gasteiger partial charge < -0.3 is 9.64 Å². The van der Waals surface area contributed by atoms with Gasteiger partial charge in [-0.25, -0.2) is 8.78 Å². The topological polar surface area (TPSA) is 15.8 Å². The molecule has 0 aromatic heterocycles. The molecule has 0 saturated carbocycles. The van der Waals surface area contributed by atoms with Gasteiger partial charge in [0.1, 0.15) is 5.82 Å². The maximum absolute atomic E-state index is 13.7. The van der Waals surface area contributed by atoms with Crippen LogP contribution in [0, 0.1) is 11.6 Å². The average molecular weight is 260 g/mol. The van der Waals surface area contributed by atoms with E-state index in [0.717, 1.165) is 31.6 Å². The van der Waals surface area contributed by atoms with E-state index < -0.39 is 11.6 Å². The molecule has 0 atom stereocenters. The van der Waals surface area contributed by atoms with Gasteiger partial charge >= 0.3 is 0 Å². The van der Waals surface area contributed by atoms with Crippen LogP contribution in [-0.4, -0.2) is 25.3 Å². The van der Waals surface area contributed by atoms with Crippen molar-refractivity contribution in [1.29, 1.82) is 0 Å². The Morgan fingerprint density at radius 1 is 1.24 bits per heavy atom. The van der Waals surface area contributed by atoms with Crippen LogP contribution >= 0.6 is 11.6 Å². The Bertz CT molecular complexity index is 429. The summed E-state index contributed by atoms with van der Waals surface area (Å²) < 4.78 is 32.0. The highest BCUT2D eigenvalue weighted by molar-refractivity contribution is 6.33. The molecule has 2 nitrogen and oxygen atoms in total. The second kappa shape index (κ2) is 3.82. The summed E-state index contributed by atoms with van der Waals surface area (Å²) in [7, 11) is 0. The third kappa shape index (κ3) is 2.00. The molecular formula is C12H12ClF2NO. The number of rotatable bonds is 1. The molecule has 2 fully saturated rings. The molecule has 2 aliphatic heterocycles. The minimum absolute atomic E-state index is 0.0412. The number of epoxide rings is 1. The fraction of sp³-hybridized carbons (Fsp3) is 0.500. The zero-order chi connectivity index (χ0) is 12.0. The number of hydrogen-bond donors (Lipinski definition) is 0. The largest absolute Gasteiger partial charge is 0.369 e. The molecule has 0 bridgehead atoms. The normalized spacial score (nSPS) is 21.9. The van der Waals surface area contributed by atoms with Gasteiger partial charge in [0, 0.05) is 19.2 Å². The van der Waals surface area contributed by atoms with E-state index in [1.54, 1.807) is 0 Å². The van der Waals surface area contributed by atoms with E-state index in [1.165, 1.54) is 0 Å². The van der Waals surface area contributed by atoms with Gasteiger partial charge in [-0.15, -0.1) is 0 Å². The zero-order valence-electron chi connectivity index (χ0n) is 9.18. The Morgan fingerprint density at radius 3 is 2.41 bits per heavy atom. The summed E-state index contributed by atoms with van der Waals surface area (Å²) in [5.41, 5.74) is 0.350. The second-order valence-electron chi connectivity index (χ2n) is 4.68. The Labute approximate surface area is 103 Å². The first-order valence-corrected chi connectivity index (χ1v) is 6.01. The van der Waals surface area contributed by atoms with Gasteiger partial charge in [-0.3, -0.25) is 0 Å². The fourth-order valence-electron chi connectivity index (χ4n) is 2.37. The van der Waals surface area contributed by atoms with E-state index in [2.05, 4.69) is 0 Å². The van der Waals surface area contributed by atoms with Crippen molar-refractivity contribution >= 4 is 17.3 Å². The van der Waals surface area contributed by atoms with E-state index >= 15 is 0 Å². The minimum Gasteiger partial charge on any atom is -0.369 e. The highest BCUT2D eigenvalue weighted by Crippen LogP contribution is 2.40. The summed E-state index contributed by atoms with van der Waals surface area (Å²) >= 11 is 5.90. The van der Waals surface area contributed by atoms with E-state index in [-0.39, 0.29) is 10.6 Å². The van der Waals surface area contributed by atoms with Crippen LogP contribution in [0.2, 0.25) is 5.02 Å². The molecule has 1 spiro atoms. The summed E-state index contributed by atoms with van der Waals surface area (Å²) in [6.45, 7) is 2.20. The highest BCUT2D eigenvalue weighted by Gasteiger charge is 2.47. The molecule has 5 heteroatoms. The lowest BCUT2D eigenvalue weighted by molar-refractivity contribution is 0.258. The van der Waals surface area contributed by atoms with Crippen LogP contribution in [0.25, 0.3) is 0 Å². The molecule has 3 rings (SSSR count). The average Bonchev–Trinajstić information content (AvgIpc) is 3.00. The monoisotopic (exact) mass is 259 g/mol. The van der Waals surface area contributed by atoms with Crippen molar-refractivity contribution in [3.63, 3.8) is 0 Å². The van der Waals surface area contributed by atoms with Crippen molar-refractivity contribution in [3.8, 4) is 0 Å². The van der Waals surface area contributed by atoms with Crippen LogP contribution in [0.5, 0.6) is 0 Å². The summed E-state index contributed by atoms with van der Waals surface area (Å²) in [6, 6.07) is 2.02. The molecule has 17 heavy (non-hydrogen) atoms. The number of hydrogen-bond acceptors (Lipinski definition) is 2. The van der Waals surface area contributed by atoms with Crippen molar-refractivity contribution in [3.05, 3.63) is 28.8 Å². The summed E-state index contributed by atoms with van der Waals surface area (Å²) in [6.07, 6.45) is 1.75. The number of halogens is 3. The van der Waals surface area contributed by atoms with Gasteiger partial charge in [0.2, 0.25) is 0 Å². The fourth-order valence-corrected chi connectivity index (χ4v) is 2.68. The summed E-state index contributed by atoms with van der Waals surface area (Å²) in [5, 5.41) is 0.134. The van der Waals surface area contributed by atoms with Gasteiger partial charge in [-0.1, -0.05) is 11.6 Å². The number of nitrogens with zero attached hydrogens (tertiary/aromatic N) is 1. The smallest absolute Gasteiger partial charge is 0.150 e. The van der Waals surface area contributed by atoms with Crippen molar-refractivity contribution in [2.45, 2.75) is 18.4 Å². The highest BCUT2D eigenvalue weighted by atomic mass is 35.5. The Morgan fingerprint density at radius 2 is 1.88 bits per heavy atom. The van der Waals surface area contributed by atoms with Crippen molar-refractivity contribution < 1.29 is 13.5 Å². The zero-order valence-corrected chi connectivity index (χ0v) is 9.94. The lowest BCUT2D eigenvalue weighted by atomic mass is 9.97. The lowest BCUT2D eigenvalue weighted by Gasteiger charge is -2.32. The predicted octanol–water partition coefficient (Wildman–Crippen LogP) is 2.99. The maximum Gasteiger partial charge on any atom is 0.150 e. The number of anilines is 1. The number of piperidine rings is 1. The molecular weight excluding hydrogens is 248 g/mol. The van der Waals surface area contributed by atoms with Gasteiger partial charge in [-0.2, -0.15) is 0 Å². The molecule has 0 aliphatic carbocycles. The first kappa shape index (κ1) is 11.2. The Hall–Kier alpha value is -0.870. The molecule has 2 heterocycles. The predicted molar refractivity (Wildman–Crippen MR) is 61.5 cm³/mol. The number of benzene rings is 1. The standard InChI is InChI=1S/C12H12ClF2NO/c13-9-5-8(14)6-10(15)11(9)16-3-1-12(2-4-16)7-17-12/h5-6H,1-4,7H2. The number of ether oxygens (including phenoxy) is 1. The summed E-state index contributed by atoms with van der Waals surface area (Å²) in [4.78, 5) is 1.87. The van der Waals surface area contributed by atoms with E-state index in [0.29, 0.717) is 18.8 Å². The molecule has 2 aliphatic rings. The first-order valence-electron chi connectivity index (χ1n) is 5.63. The van der Waals surface area contributed by atoms with Crippen LogP contribution in [0.3, 0.4) is 0 Å². The Kier molecular flexibility index (Phi) is 2.52. The van der Waals surface area contributed by atoms with E-state index in [1.807, 2.05) is 4.90 Å². The van der Waals surface area contributed by atoms with Crippen molar-refractivity contribution in [2.75, 3.05) is 24.6 Å². The molecule has 0 radical (unpaired) electrons. The minimum atomic E-state index is -0.643. The van der Waals surface area contributed by atoms with Crippen LogP contribution in [-0.2, 0) is 4.74 Å². The molecule has 92 valence electrons. The maximum atomic E-state index is 13.7. The molecule has 2 saturated heterocycles. The Balaban J connectivity index is 1.84. The second-order valence-corrected chi connectivity index (χ2v) is 5.08. The van der Waals surface area contributed by atoms with E-state index in [4.69, 9.17) is 16.3 Å². The van der Waals surface area contributed by atoms with Crippen LogP contribution in [0.4, 0.5) is 14.5 Å². The third-order valence-electron chi connectivity index (χ3n) is 3.53.